The van der Waals surface area contributed by atoms with Crippen molar-refractivity contribution in [3.05, 3.63) is 69.8 Å². The summed E-state index contributed by atoms with van der Waals surface area (Å²) in [7, 11) is 0. The number of likely N-dealkylation sites (tertiary alicyclic amines) is 1. The van der Waals surface area contributed by atoms with Crippen LogP contribution in [-0.4, -0.2) is 29.1 Å². The Labute approximate surface area is 162 Å². The maximum absolute atomic E-state index is 6.08. The molecule has 0 saturated carbocycles. The summed E-state index contributed by atoms with van der Waals surface area (Å²) in [6.07, 6.45) is 5.76. The van der Waals surface area contributed by atoms with Gasteiger partial charge in [0.15, 0.2) is 0 Å². The van der Waals surface area contributed by atoms with Crippen LogP contribution >= 0.6 is 27.5 Å². The Balaban J connectivity index is 1.37. The van der Waals surface area contributed by atoms with Gasteiger partial charge in [0.1, 0.15) is 0 Å². The number of hydrogen-bond acceptors (Lipinski definition) is 1. The number of aromatic nitrogens is 1. The van der Waals surface area contributed by atoms with E-state index < -0.39 is 0 Å². The predicted octanol–water partition coefficient (Wildman–Crippen LogP) is 5.94. The summed E-state index contributed by atoms with van der Waals surface area (Å²) in [4.78, 5) is 2.58. The van der Waals surface area contributed by atoms with Gasteiger partial charge >= 0.3 is 0 Å². The Morgan fingerprint density at radius 2 is 1.88 bits per heavy atom. The van der Waals surface area contributed by atoms with Gasteiger partial charge in [-0.3, -0.25) is 0 Å². The molecule has 2 aromatic carbocycles. The number of hydrogen-bond donors (Lipinski definition) is 0. The molecule has 0 N–H and O–H groups in total. The lowest BCUT2D eigenvalue weighted by molar-refractivity contribution is 0.190. The second-order valence-electron chi connectivity index (χ2n) is 6.88. The predicted molar refractivity (Wildman–Crippen MR) is 110 cm³/mol. The smallest absolute Gasteiger partial charge is 0.0494 e. The maximum Gasteiger partial charge on any atom is 0.0494 e. The van der Waals surface area contributed by atoms with Crippen molar-refractivity contribution in [2.24, 2.45) is 0 Å². The molecule has 2 nitrogen and oxygen atoms in total. The van der Waals surface area contributed by atoms with Gasteiger partial charge in [-0.15, -0.1) is 0 Å². The van der Waals surface area contributed by atoms with Gasteiger partial charge in [-0.05, 0) is 60.5 Å². The van der Waals surface area contributed by atoms with E-state index in [1.807, 2.05) is 12.1 Å². The first-order valence-corrected chi connectivity index (χ1v) is 10.1. The van der Waals surface area contributed by atoms with E-state index >= 15 is 0 Å². The average molecular weight is 418 g/mol. The number of piperidine rings is 1. The van der Waals surface area contributed by atoms with Gasteiger partial charge in [-0.2, -0.15) is 0 Å². The maximum atomic E-state index is 6.08. The van der Waals surface area contributed by atoms with Crippen LogP contribution in [0.2, 0.25) is 5.02 Å². The van der Waals surface area contributed by atoms with Crippen LogP contribution in [0.3, 0.4) is 0 Å². The van der Waals surface area contributed by atoms with Crippen molar-refractivity contribution in [2.45, 2.75) is 25.3 Å². The normalized spacial score (nSPS) is 16.6. The SMILES string of the molecule is Clc1cccc(CCN2CCC(n3ccc4ccc(Br)cc43)CC2)c1. The summed E-state index contributed by atoms with van der Waals surface area (Å²) in [6, 6.07) is 17.6. The molecular weight excluding hydrogens is 396 g/mol. The largest absolute Gasteiger partial charge is 0.344 e. The van der Waals surface area contributed by atoms with Crippen molar-refractivity contribution in [1.82, 2.24) is 9.47 Å². The molecule has 0 bridgehead atoms. The first-order valence-electron chi connectivity index (χ1n) is 8.92. The molecule has 0 radical (unpaired) electrons. The molecule has 130 valence electrons. The van der Waals surface area contributed by atoms with Gasteiger partial charge in [0.25, 0.3) is 0 Å². The Kier molecular flexibility index (Phi) is 5.16. The van der Waals surface area contributed by atoms with Crippen LogP contribution in [0, 0.1) is 0 Å². The molecule has 0 atom stereocenters. The van der Waals surface area contributed by atoms with Gasteiger partial charge in [-0.25, -0.2) is 0 Å². The number of fused-ring (bicyclic) bond motifs is 1. The van der Waals surface area contributed by atoms with Gasteiger partial charge in [0, 0.05) is 46.9 Å². The third kappa shape index (κ3) is 3.94. The van der Waals surface area contributed by atoms with E-state index in [9.17, 15) is 0 Å². The van der Waals surface area contributed by atoms with Gasteiger partial charge < -0.3 is 9.47 Å². The van der Waals surface area contributed by atoms with E-state index in [1.165, 1.54) is 42.4 Å². The van der Waals surface area contributed by atoms with Crippen LogP contribution in [0.25, 0.3) is 10.9 Å². The van der Waals surface area contributed by atoms with E-state index in [1.54, 1.807) is 0 Å². The zero-order valence-corrected chi connectivity index (χ0v) is 16.5. The standard InChI is InChI=1S/C21H22BrClN2/c22-18-5-4-17-7-13-25(21(17)15-18)20-8-11-24(12-9-20)10-6-16-2-1-3-19(23)14-16/h1-5,7,13-15,20H,6,8-12H2. The van der Waals surface area contributed by atoms with Crippen LogP contribution in [-0.2, 0) is 6.42 Å². The second kappa shape index (κ2) is 7.53. The number of benzene rings is 2. The van der Waals surface area contributed by atoms with E-state index in [0.29, 0.717) is 6.04 Å². The highest BCUT2D eigenvalue weighted by molar-refractivity contribution is 9.10. The quantitative estimate of drug-likeness (QED) is 0.510. The van der Waals surface area contributed by atoms with E-state index in [-0.39, 0.29) is 0 Å². The fourth-order valence-corrected chi connectivity index (χ4v) is 4.40. The molecule has 1 aromatic heterocycles. The van der Waals surface area contributed by atoms with E-state index in [4.69, 9.17) is 11.6 Å². The van der Waals surface area contributed by atoms with Crippen molar-refractivity contribution >= 4 is 38.4 Å². The second-order valence-corrected chi connectivity index (χ2v) is 8.23. The molecule has 4 rings (SSSR count). The Morgan fingerprint density at radius 3 is 2.68 bits per heavy atom. The summed E-state index contributed by atoms with van der Waals surface area (Å²) in [6.45, 7) is 3.45. The third-order valence-corrected chi connectivity index (χ3v) is 5.97. The van der Waals surface area contributed by atoms with Crippen LogP contribution in [0.5, 0.6) is 0 Å². The molecule has 0 spiro atoms. The highest BCUT2D eigenvalue weighted by atomic mass is 79.9. The van der Waals surface area contributed by atoms with Gasteiger partial charge in [0.2, 0.25) is 0 Å². The fraction of sp³-hybridized carbons (Fsp3) is 0.333. The molecule has 0 aliphatic carbocycles. The van der Waals surface area contributed by atoms with Crippen molar-refractivity contribution < 1.29 is 0 Å². The fourth-order valence-electron chi connectivity index (χ4n) is 3.84. The third-order valence-electron chi connectivity index (χ3n) is 5.24. The van der Waals surface area contributed by atoms with Gasteiger partial charge in [0.05, 0.1) is 0 Å². The van der Waals surface area contributed by atoms with Crippen LogP contribution < -0.4 is 0 Å². The molecule has 1 fully saturated rings. The van der Waals surface area contributed by atoms with Crippen LogP contribution in [0.4, 0.5) is 0 Å². The number of rotatable bonds is 4. The number of nitrogens with zero attached hydrogens (tertiary/aromatic N) is 2. The topological polar surface area (TPSA) is 8.17 Å². The first-order chi connectivity index (χ1) is 12.2. The Morgan fingerprint density at radius 1 is 1.04 bits per heavy atom. The zero-order valence-electron chi connectivity index (χ0n) is 14.2. The lowest BCUT2D eigenvalue weighted by Gasteiger charge is -2.33. The first kappa shape index (κ1) is 17.1. The van der Waals surface area contributed by atoms with Crippen molar-refractivity contribution in [3.8, 4) is 0 Å². The summed E-state index contributed by atoms with van der Waals surface area (Å²) in [5, 5.41) is 2.16. The monoisotopic (exact) mass is 416 g/mol. The molecule has 4 heteroatoms. The minimum atomic E-state index is 0.606. The molecule has 1 aliphatic heterocycles. The van der Waals surface area contributed by atoms with Crippen LogP contribution in [0.15, 0.2) is 59.2 Å². The highest BCUT2D eigenvalue weighted by Gasteiger charge is 2.21. The summed E-state index contributed by atoms with van der Waals surface area (Å²) in [5.74, 6) is 0. The van der Waals surface area contributed by atoms with Crippen molar-refractivity contribution in [1.29, 1.82) is 0 Å². The number of halogens is 2. The zero-order chi connectivity index (χ0) is 17.2. The molecule has 25 heavy (non-hydrogen) atoms. The Hall–Kier alpha value is -1.29. The van der Waals surface area contributed by atoms with Crippen molar-refractivity contribution in [3.63, 3.8) is 0 Å². The molecule has 0 unspecified atom stereocenters. The van der Waals surface area contributed by atoms with E-state index in [2.05, 4.69) is 68.0 Å². The summed E-state index contributed by atoms with van der Waals surface area (Å²) in [5.41, 5.74) is 2.67. The molecular formula is C21H22BrClN2. The lowest BCUT2D eigenvalue weighted by Crippen LogP contribution is -2.35. The van der Waals surface area contributed by atoms with Crippen LogP contribution in [0.1, 0.15) is 24.4 Å². The summed E-state index contributed by atoms with van der Waals surface area (Å²) >= 11 is 9.68. The van der Waals surface area contributed by atoms with E-state index in [0.717, 1.165) is 22.5 Å². The van der Waals surface area contributed by atoms with Gasteiger partial charge in [-0.1, -0.05) is 45.7 Å². The summed E-state index contributed by atoms with van der Waals surface area (Å²) < 4.78 is 3.62. The lowest BCUT2D eigenvalue weighted by atomic mass is 10.0. The molecule has 1 aliphatic rings. The average Bonchev–Trinajstić information content (AvgIpc) is 3.03. The molecule has 3 aromatic rings. The molecule has 2 heterocycles. The molecule has 1 saturated heterocycles. The Bertz CT molecular complexity index is 865. The minimum Gasteiger partial charge on any atom is -0.344 e. The minimum absolute atomic E-state index is 0.606. The molecule has 0 amide bonds. The highest BCUT2D eigenvalue weighted by Crippen LogP contribution is 2.29. The van der Waals surface area contributed by atoms with Crippen molar-refractivity contribution in [2.75, 3.05) is 19.6 Å².